The normalized spacial score (nSPS) is 36.8. The molecule has 0 aliphatic carbocycles. The summed E-state index contributed by atoms with van der Waals surface area (Å²) in [6, 6.07) is 2.54. The topological polar surface area (TPSA) is 18.5 Å². The highest BCUT2D eigenvalue weighted by Crippen LogP contribution is 2.33. The van der Waals surface area contributed by atoms with Crippen LogP contribution in [0.4, 0.5) is 0 Å². The smallest absolute Gasteiger partial charge is 0.0115 e. The molecule has 3 rings (SSSR count). The van der Waals surface area contributed by atoms with E-state index < -0.39 is 0 Å². The van der Waals surface area contributed by atoms with Crippen LogP contribution in [0.25, 0.3) is 0 Å². The van der Waals surface area contributed by atoms with Gasteiger partial charge in [0.05, 0.1) is 0 Å². The summed E-state index contributed by atoms with van der Waals surface area (Å²) in [5, 5.41) is 3.69. The highest BCUT2D eigenvalue weighted by Gasteiger charge is 2.37. The van der Waals surface area contributed by atoms with Gasteiger partial charge in [0.15, 0.2) is 0 Å². The van der Waals surface area contributed by atoms with Crippen molar-refractivity contribution in [2.75, 3.05) is 32.7 Å². The Labute approximate surface area is 118 Å². The molecule has 3 heteroatoms. The van der Waals surface area contributed by atoms with Gasteiger partial charge in [0.2, 0.25) is 0 Å². The number of nitrogens with zero attached hydrogens (tertiary/aromatic N) is 2. The zero-order chi connectivity index (χ0) is 13.1. The van der Waals surface area contributed by atoms with E-state index in [4.69, 9.17) is 0 Å². The van der Waals surface area contributed by atoms with Crippen LogP contribution in [0, 0.1) is 0 Å². The summed E-state index contributed by atoms with van der Waals surface area (Å²) >= 11 is 0. The third-order valence-corrected chi connectivity index (χ3v) is 5.49. The molecule has 3 saturated heterocycles. The average Bonchev–Trinajstić information content (AvgIpc) is 2.89. The van der Waals surface area contributed by atoms with E-state index in [-0.39, 0.29) is 0 Å². The van der Waals surface area contributed by atoms with Gasteiger partial charge in [-0.15, -0.1) is 0 Å². The van der Waals surface area contributed by atoms with Crippen LogP contribution in [-0.4, -0.2) is 60.6 Å². The first kappa shape index (κ1) is 13.8. The van der Waals surface area contributed by atoms with Gasteiger partial charge < -0.3 is 10.2 Å². The first-order valence-electron chi connectivity index (χ1n) is 8.58. The number of piperidine rings is 2. The molecule has 3 fully saturated rings. The summed E-state index contributed by atoms with van der Waals surface area (Å²) < 4.78 is 0. The second kappa shape index (κ2) is 6.55. The first-order chi connectivity index (χ1) is 9.36. The van der Waals surface area contributed by atoms with Gasteiger partial charge in [-0.1, -0.05) is 13.3 Å². The Balaban J connectivity index is 1.52. The van der Waals surface area contributed by atoms with Crippen molar-refractivity contribution in [3.8, 4) is 0 Å². The van der Waals surface area contributed by atoms with E-state index in [0.717, 1.165) is 24.7 Å². The third kappa shape index (κ3) is 3.32. The molecule has 3 aliphatic rings. The summed E-state index contributed by atoms with van der Waals surface area (Å²) in [6.07, 6.45) is 9.99. The molecule has 0 spiro atoms. The fraction of sp³-hybridized carbons (Fsp3) is 1.00. The lowest BCUT2D eigenvalue weighted by molar-refractivity contribution is 0.0191. The van der Waals surface area contributed by atoms with Gasteiger partial charge in [-0.3, -0.25) is 4.90 Å². The summed E-state index contributed by atoms with van der Waals surface area (Å²) in [4.78, 5) is 5.54. The summed E-state index contributed by atoms with van der Waals surface area (Å²) in [6.45, 7) is 8.73. The number of hydrogen-bond acceptors (Lipinski definition) is 3. The van der Waals surface area contributed by atoms with Crippen molar-refractivity contribution in [3.05, 3.63) is 0 Å². The summed E-state index contributed by atoms with van der Waals surface area (Å²) in [7, 11) is 0. The molecule has 2 unspecified atom stereocenters. The number of likely N-dealkylation sites (tertiary alicyclic amines) is 1. The van der Waals surface area contributed by atoms with E-state index in [1.165, 1.54) is 71.1 Å². The van der Waals surface area contributed by atoms with Crippen LogP contribution < -0.4 is 5.32 Å². The van der Waals surface area contributed by atoms with Crippen molar-refractivity contribution in [3.63, 3.8) is 0 Å². The number of hydrogen-bond donors (Lipinski definition) is 1. The van der Waals surface area contributed by atoms with E-state index in [9.17, 15) is 0 Å². The van der Waals surface area contributed by atoms with Crippen LogP contribution >= 0.6 is 0 Å². The largest absolute Gasteiger partial charge is 0.314 e. The second-order valence-electron chi connectivity index (χ2n) is 6.75. The van der Waals surface area contributed by atoms with E-state index >= 15 is 0 Å². The van der Waals surface area contributed by atoms with Crippen LogP contribution in [0.15, 0.2) is 0 Å². The summed E-state index contributed by atoms with van der Waals surface area (Å²) in [5.41, 5.74) is 0. The summed E-state index contributed by atoms with van der Waals surface area (Å²) in [5.74, 6) is 0. The van der Waals surface area contributed by atoms with Crippen molar-refractivity contribution in [1.29, 1.82) is 0 Å². The van der Waals surface area contributed by atoms with E-state index in [0.29, 0.717) is 0 Å². The lowest BCUT2D eigenvalue weighted by atomic mass is 9.81. The Morgan fingerprint density at radius 2 is 1.63 bits per heavy atom. The fourth-order valence-electron chi connectivity index (χ4n) is 4.56. The maximum absolute atomic E-state index is 3.69. The Morgan fingerprint density at radius 3 is 2.26 bits per heavy atom. The molecule has 0 aromatic heterocycles. The molecule has 19 heavy (non-hydrogen) atoms. The molecule has 1 N–H and O–H groups in total. The minimum Gasteiger partial charge on any atom is -0.314 e. The van der Waals surface area contributed by atoms with Gasteiger partial charge in [0.1, 0.15) is 0 Å². The Kier molecular flexibility index (Phi) is 4.78. The predicted molar refractivity (Wildman–Crippen MR) is 80.5 cm³/mol. The van der Waals surface area contributed by atoms with Gasteiger partial charge in [-0.05, 0) is 58.2 Å². The van der Waals surface area contributed by atoms with Crippen molar-refractivity contribution in [2.24, 2.45) is 0 Å². The quantitative estimate of drug-likeness (QED) is 0.821. The Bertz CT molecular complexity index is 261. The van der Waals surface area contributed by atoms with E-state index in [2.05, 4.69) is 22.0 Å². The van der Waals surface area contributed by atoms with Crippen molar-refractivity contribution in [1.82, 2.24) is 15.1 Å². The number of rotatable bonds is 5. The molecule has 110 valence electrons. The molecule has 0 radical (unpaired) electrons. The lowest BCUT2D eigenvalue weighted by Crippen LogP contribution is -2.57. The zero-order valence-electron chi connectivity index (χ0n) is 12.6. The average molecular weight is 265 g/mol. The van der Waals surface area contributed by atoms with Crippen LogP contribution in [0.5, 0.6) is 0 Å². The zero-order valence-corrected chi connectivity index (χ0v) is 12.6. The third-order valence-electron chi connectivity index (χ3n) is 5.49. The molecule has 2 atom stereocenters. The van der Waals surface area contributed by atoms with Gasteiger partial charge in [0.25, 0.3) is 0 Å². The molecular weight excluding hydrogens is 234 g/mol. The Hall–Kier alpha value is -0.120. The monoisotopic (exact) mass is 265 g/mol. The molecule has 0 saturated carbocycles. The highest BCUT2D eigenvalue weighted by molar-refractivity contribution is 4.95. The van der Waals surface area contributed by atoms with Crippen molar-refractivity contribution >= 4 is 0 Å². The van der Waals surface area contributed by atoms with Gasteiger partial charge in [0, 0.05) is 31.2 Å². The standard InChI is InChI=1S/C16H31N3/c1-2-17-14-12-15-6-5-7-16(13-14)19(15)11-10-18-8-3-4-9-18/h14-17H,2-13H2,1H3. The highest BCUT2D eigenvalue weighted by atomic mass is 15.3. The predicted octanol–water partition coefficient (Wildman–Crippen LogP) is 2.08. The van der Waals surface area contributed by atoms with Gasteiger partial charge in [-0.25, -0.2) is 0 Å². The lowest BCUT2D eigenvalue weighted by Gasteiger charge is -2.49. The molecule has 3 heterocycles. The van der Waals surface area contributed by atoms with Crippen LogP contribution in [0.3, 0.4) is 0 Å². The van der Waals surface area contributed by atoms with E-state index in [1.807, 2.05) is 0 Å². The minimum absolute atomic E-state index is 0.795. The number of fused-ring (bicyclic) bond motifs is 2. The minimum atomic E-state index is 0.795. The molecule has 3 aliphatic heterocycles. The fourth-order valence-corrected chi connectivity index (χ4v) is 4.56. The van der Waals surface area contributed by atoms with E-state index in [1.54, 1.807) is 0 Å². The molecule has 0 aromatic carbocycles. The first-order valence-corrected chi connectivity index (χ1v) is 8.58. The molecular formula is C16H31N3. The van der Waals surface area contributed by atoms with Crippen LogP contribution in [0.1, 0.15) is 51.9 Å². The second-order valence-corrected chi connectivity index (χ2v) is 6.75. The number of nitrogens with one attached hydrogen (secondary N) is 1. The molecule has 0 aromatic rings. The van der Waals surface area contributed by atoms with Crippen molar-refractivity contribution < 1.29 is 0 Å². The molecule has 3 nitrogen and oxygen atoms in total. The van der Waals surface area contributed by atoms with Crippen LogP contribution in [0.2, 0.25) is 0 Å². The van der Waals surface area contributed by atoms with Crippen molar-refractivity contribution in [2.45, 2.75) is 70.0 Å². The van der Waals surface area contributed by atoms with Crippen LogP contribution in [-0.2, 0) is 0 Å². The van der Waals surface area contributed by atoms with Gasteiger partial charge in [-0.2, -0.15) is 0 Å². The molecule has 0 amide bonds. The molecule has 2 bridgehead atoms. The Morgan fingerprint density at radius 1 is 0.947 bits per heavy atom. The maximum Gasteiger partial charge on any atom is 0.0115 e. The van der Waals surface area contributed by atoms with Gasteiger partial charge >= 0.3 is 0 Å². The SMILES string of the molecule is CCNC1CC2CCCC(C1)N2CCN1CCCC1. The maximum atomic E-state index is 3.69.